The van der Waals surface area contributed by atoms with Gasteiger partial charge in [0.1, 0.15) is 5.76 Å². The number of hydrogen-bond acceptors (Lipinski definition) is 4. The van der Waals surface area contributed by atoms with E-state index in [9.17, 15) is 4.79 Å². The Labute approximate surface area is 101 Å². The SMILES string of the molecule is CCO[C@H]1C[C@@H]1NC(=O)Cc1c(C)noc1C. The fraction of sp³-hybridized carbons (Fsp3) is 0.667. The molecule has 0 aliphatic heterocycles. The van der Waals surface area contributed by atoms with Crippen LogP contribution in [0.5, 0.6) is 0 Å². The summed E-state index contributed by atoms with van der Waals surface area (Å²) < 4.78 is 10.4. The number of aryl methyl sites for hydroxylation is 2. The van der Waals surface area contributed by atoms with Gasteiger partial charge in [0.25, 0.3) is 0 Å². The monoisotopic (exact) mass is 238 g/mol. The lowest BCUT2D eigenvalue weighted by Crippen LogP contribution is -2.29. The number of nitrogens with zero attached hydrogens (tertiary/aromatic N) is 1. The zero-order chi connectivity index (χ0) is 12.4. The summed E-state index contributed by atoms with van der Waals surface area (Å²) in [5, 5.41) is 6.78. The van der Waals surface area contributed by atoms with E-state index in [1.54, 1.807) is 0 Å². The van der Waals surface area contributed by atoms with E-state index in [-0.39, 0.29) is 18.1 Å². The second-order valence-corrected chi connectivity index (χ2v) is 4.38. The number of hydrogen-bond donors (Lipinski definition) is 1. The maximum Gasteiger partial charge on any atom is 0.224 e. The van der Waals surface area contributed by atoms with E-state index in [4.69, 9.17) is 9.26 Å². The summed E-state index contributed by atoms with van der Waals surface area (Å²) in [5.74, 6) is 0.724. The van der Waals surface area contributed by atoms with E-state index in [0.717, 1.165) is 23.4 Å². The number of carbonyl (C=O) groups is 1. The Hall–Kier alpha value is -1.36. The Kier molecular flexibility index (Phi) is 3.47. The lowest BCUT2D eigenvalue weighted by molar-refractivity contribution is -0.120. The van der Waals surface area contributed by atoms with Crippen molar-refractivity contribution in [1.29, 1.82) is 0 Å². The van der Waals surface area contributed by atoms with Gasteiger partial charge in [-0.1, -0.05) is 5.16 Å². The standard InChI is InChI=1S/C12H18N2O3/c1-4-16-11-6-10(11)13-12(15)5-9-7(2)14-17-8(9)3/h10-11H,4-6H2,1-3H3,(H,13,15)/t10-,11-/m0/s1. The summed E-state index contributed by atoms with van der Waals surface area (Å²) in [6.07, 6.45) is 1.45. The molecular weight excluding hydrogens is 220 g/mol. The molecule has 0 bridgehead atoms. The lowest BCUT2D eigenvalue weighted by atomic mass is 10.1. The van der Waals surface area contributed by atoms with Gasteiger partial charge in [-0.05, 0) is 27.2 Å². The molecule has 2 atom stereocenters. The fourth-order valence-corrected chi connectivity index (χ4v) is 1.89. The predicted octanol–water partition coefficient (Wildman–Crippen LogP) is 1.13. The van der Waals surface area contributed by atoms with Crippen LogP contribution in [-0.2, 0) is 16.0 Å². The van der Waals surface area contributed by atoms with Crippen LogP contribution in [0.3, 0.4) is 0 Å². The first kappa shape index (κ1) is 12.1. The minimum Gasteiger partial charge on any atom is -0.376 e. The third-order valence-electron chi connectivity index (χ3n) is 2.98. The van der Waals surface area contributed by atoms with Gasteiger partial charge in [-0.15, -0.1) is 0 Å². The van der Waals surface area contributed by atoms with Crippen molar-refractivity contribution in [1.82, 2.24) is 10.5 Å². The predicted molar refractivity (Wildman–Crippen MR) is 61.6 cm³/mol. The molecule has 1 aromatic heterocycles. The average Bonchev–Trinajstić information content (AvgIpc) is 2.93. The summed E-state index contributed by atoms with van der Waals surface area (Å²) in [4.78, 5) is 11.8. The smallest absolute Gasteiger partial charge is 0.224 e. The summed E-state index contributed by atoms with van der Waals surface area (Å²) in [6.45, 7) is 6.32. The van der Waals surface area contributed by atoms with Crippen molar-refractivity contribution >= 4 is 5.91 Å². The molecule has 1 aliphatic carbocycles. The Morgan fingerprint density at radius 2 is 2.35 bits per heavy atom. The van der Waals surface area contributed by atoms with Crippen LogP contribution in [0.1, 0.15) is 30.4 Å². The highest BCUT2D eigenvalue weighted by Gasteiger charge is 2.39. The van der Waals surface area contributed by atoms with Gasteiger partial charge < -0.3 is 14.6 Å². The number of rotatable bonds is 5. The summed E-state index contributed by atoms with van der Waals surface area (Å²) >= 11 is 0. The average molecular weight is 238 g/mol. The molecule has 0 saturated heterocycles. The van der Waals surface area contributed by atoms with Crippen molar-refractivity contribution in [2.75, 3.05) is 6.61 Å². The topological polar surface area (TPSA) is 64.4 Å². The molecule has 2 rings (SSSR count). The molecule has 0 radical (unpaired) electrons. The molecule has 1 aromatic rings. The third kappa shape index (κ3) is 2.85. The normalized spacial score (nSPS) is 22.5. The largest absolute Gasteiger partial charge is 0.376 e. The molecule has 1 fully saturated rings. The van der Waals surface area contributed by atoms with E-state index >= 15 is 0 Å². The molecule has 1 N–H and O–H groups in total. The van der Waals surface area contributed by atoms with Gasteiger partial charge >= 0.3 is 0 Å². The molecule has 0 spiro atoms. The molecule has 1 heterocycles. The van der Waals surface area contributed by atoms with Crippen molar-refractivity contribution in [3.8, 4) is 0 Å². The van der Waals surface area contributed by atoms with Crippen molar-refractivity contribution < 1.29 is 14.1 Å². The van der Waals surface area contributed by atoms with Gasteiger partial charge in [-0.3, -0.25) is 4.79 Å². The minimum absolute atomic E-state index is 0.00611. The van der Waals surface area contributed by atoms with Gasteiger partial charge in [-0.25, -0.2) is 0 Å². The van der Waals surface area contributed by atoms with Gasteiger partial charge in [0, 0.05) is 12.2 Å². The van der Waals surface area contributed by atoms with Crippen molar-refractivity contribution in [2.45, 2.75) is 45.8 Å². The van der Waals surface area contributed by atoms with Crippen LogP contribution >= 0.6 is 0 Å². The second kappa shape index (κ2) is 4.87. The lowest BCUT2D eigenvalue weighted by Gasteiger charge is -2.04. The first-order valence-electron chi connectivity index (χ1n) is 5.94. The van der Waals surface area contributed by atoms with E-state index in [1.807, 2.05) is 20.8 Å². The summed E-state index contributed by atoms with van der Waals surface area (Å²) in [7, 11) is 0. The van der Waals surface area contributed by atoms with Crippen molar-refractivity contribution in [3.05, 3.63) is 17.0 Å². The molecule has 0 aromatic carbocycles. The molecule has 5 heteroatoms. The summed E-state index contributed by atoms with van der Waals surface area (Å²) in [6, 6.07) is 0.183. The van der Waals surface area contributed by atoms with E-state index < -0.39 is 0 Å². The Bertz CT molecular complexity index is 394. The Balaban J connectivity index is 1.83. The zero-order valence-corrected chi connectivity index (χ0v) is 10.4. The quantitative estimate of drug-likeness (QED) is 0.835. The van der Waals surface area contributed by atoms with Crippen LogP contribution in [0.2, 0.25) is 0 Å². The highest BCUT2D eigenvalue weighted by molar-refractivity contribution is 5.79. The molecule has 94 valence electrons. The Morgan fingerprint density at radius 3 is 2.94 bits per heavy atom. The molecule has 1 amide bonds. The minimum atomic E-state index is 0.00611. The van der Waals surface area contributed by atoms with Gasteiger partial charge in [-0.2, -0.15) is 0 Å². The van der Waals surface area contributed by atoms with E-state index in [0.29, 0.717) is 13.0 Å². The van der Waals surface area contributed by atoms with Crippen LogP contribution in [0, 0.1) is 13.8 Å². The summed E-state index contributed by atoms with van der Waals surface area (Å²) in [5.41, 5.74) is 1.67. The molecule has 17 heavy (non-hydrogen) atoms. The highest BCUT2D eigenvalue weighted by Crippen LogP contribution is 2.25. The maximum atomic E-state index is 11.8. The van der Waals surface area contributed by atoms with Crippen molar-refractivity contribution in [3.63, 3.8) is 0 Å². The van der Waals surface area contributed by atoms with Crippen LogP contribution in [0.25, 0.3) is 0 Å². The first-order valence-corrected chi connectivity index (χ1v) is 5.94. The molecule has 1 aliphatic rings. The number of carbonyl (C=O) groups excluding carboxylic acids is 1. The van der Waals surface area contributed by atoms with Crippen LogP contribution in [-0.4, -0.2) is 29.8 Å². The maximum absolute atomic E-state index is 11.8. The molecule has 5 nitrogen and oxygen atoms in total. The van der Waals surface area contributed by atoms with Crippen LogP contribution in [0.15, 0.2) is 4.52 Å². The van der Waals surface area contributed by atoms with Crippen LogP contribution in [0.4, 0.5) is 0 Å². The number of aromatic nitrogens is 1. The number of nitrogens with one attached hydrogen (secondary N) is 1. The van der Waals surface area contributed by atoms with Gasteiger partial charge in [0.15, 0.2) is 0 Å². The zero-order valence-electron chi connectivity index (χ0n) is 10.4. The fourth-order valence-electron chi connectivity index (χ4n) is 1.89. The molecular formula is C12H18N2O3. The third-order valence-corrected chi connectivity index (χ3v) is 2.98. The number of amides is 1. The molecule has 1 saturated carbocycles. The van der Waals surface area contributed by atoms with Gasteiger partial charge in [0.05, 0.1) is 24.3 Å². The Morgan fingerprint density at radius 1 is 1.59 bits per heavy atom. The highest BCUT2D eigenvalue weighted by atomic mass is 16.5. The van der Waals surface area contributed by atoms with E-state index in [2.05, 4.69) is 10.5 Å². The van der Waals surface area contributed by atoms with E-state index in [1.165, 1.54) is 0 Å². The van der Waals surface area contributed by atoms with Crippen molar-refractivity contribution in [2.24, 2.45) is 0 Å². The van der Waals surface area contributed by atoms with Gasteiger partial charge in [0.2, 0.25) is 5.91 Å². The molecule has 0 unspecified atom stereocenters. The number of ether oxygens (including phenoxy) is 1. The second-order valence-electron chi connectivity index (χ2n) is 4.38. The first-order chi connectivity index (χ1) is 8.11. The van der Waals surface area contributed by atoms with Crippen LogP contribution < -0.4 is 5.32 Å².